The SMILES string of the molecule is O=C(O)c1ccc2c(c1)CCC(=Cc1ccc(Br)cc1)C2=O. The largest absolute Gasteiger partial charge is 0.478 e. The van der Waals surface area contributed by atoms with Gasteiger partial charge in [0.1, 0.15) is 0 Å². The van der Waals surface area contributed by atoms with Crippen molar-refractivity contribution in [1.29, 1.82) is 0 Å². The first-order valence-electron chi connectivity index (χ1n) is 6.91. The van der Waals surface area contributed by atoms with E-state index in [0.29, 0.717) is 18.4 Å². The molecule has 3 nitrogen and oxygen atoms in total. The molecule has 110 valence electrons. The predicted octanol–water partition coefficient (Wildman–Crippen LogP) is 4.36. The van der Waals surface area contributed by atoms with E-state index in [9.17, 15) is 9.59 Å². The fourth-order valence-electron chi connectivity index (χ4n) is 2.61. The summed E-state index contributed by atoms with van der Waals surface area (Å²) < 4.78 is 0.996. The van der Waals surface area contributed by atoms with E-state index in [2.05, 4.69) is 15.9 Å². The smallest absolute Gasteiger partial charge is 0.335 e. The Balaban J connectivity index is 1.94. The number of hydrogen-bond acceptors (Lipinski definition) is 2. The number of carboxylic acid groups (broad SMARTS) is 1. The van der Waals surface area contributed by atoms with Gasteiger partial charge in [0.05, 0.1) is 5.56 Å². The lowest BCUT2D eigenvalue weighted by molar-refractivity contribution is 0.0696. The van der Waals surface area contributed by atoms with Crippen molar-refractivity contribution in [2.75, 3.05) is 0 Å². The van der Waals surface area contributed by atoms with Gasteiger partial charge in [-0.2, -0.15) is 0 Å². The second-order valence-corrected chi connectivity index (χ2v) is 6.14. The number of aromatic carboxylic acids is 1. The minimum atomic E-state index is -0.966. The number of carboxylic acids is 1. The van der Waals surface area contributed by atoms with E-state index in [0.717, 1.165) is 21.2 Å². The van der Waals surface area contributed by atoms with Gasteiger partial charge in [-0.05, 0) is 60.4 Å². The molecule has 3 rings (SSSR count). The maximum atomic E-state index is 12.5. The van der Waals surface area contributed by atoms with E-state index in [1.54, 1.807) is 12.1 Å². The Hall–Kier alpha value is -2.20. The molecule has 0 aromatic heterocycles. The van der Waals surface area contributed by atoms with E-state index >= 15 is 0 Å². The zero-order valence-electron chi connectivity index (χ0n) is 11.7. The second-order valence-electron chi connectivity index (χ2n) is 5.23. The molecule has 0 radical (unpaired) electrons. The summed E-state index contributed by atoms with van der Waals surface area (Å²) in [5.74, 6) is -0.979. The van der Waals surface area contributed by atoms with Crippen molar-refractivity contribution in [3.63, 3.8) is 0 Å². The molecule has 22 heavy (non-hydrogen) atoms. The molecular formula is C18H13BrO3. The van der Waals surface area contributed by atoms with Gasteiger partial charge in [-0.1, -0.05) is 28.1 Å². The Labute approximate surface area is 136 Å². The maximum absolute atomic E-state index is 12.5. The summed E-state index contributed by atoms with van der Waals surface area (Å²) in [7, 11) is 0. The van der Waals surface area contributed by atoms with Gasteiger partial charge in [0.2, 0.25) is 0 Å². The van der Waals surface area contributed by atoms with Gasteiger partial charge in [-0.3, -0.25) is 4.79 Å². The lowest BCUT2D eigenvalue weighted by atomic mass is 9.85. The normalized spacial score (nSPS) is 15.7. The van der Waals surface area contributed by atoms with E-state index in [4.69, 9.17) is 5.11 Å². The van der Waals surface area contributed by atoms with Crippen molar-refractivity contribution >= 4 is 33.8 Å². The van der Waals surface area contributed by atoms with Crippen molar-refractivity contribution in [2.45, 2.75) is 12.8 Å². The first-order chi connectivity index (χ1) is 10.5. The molecule has 0 fully saturated rings. The molecule has 2 aromatic carbocycles. The zero-order chi connectivity index (χ0) is 15.7. The lowest BCUT2D eigenvalue weighted by Crippen LogP contribution is -2.15. The fourth-order valence-corrected chi connectivity index (χ4v) is 2.87. The number of carbonyl (C=O) groups is 2. The summed E-state index contributed by atoms with van der Waals surface area (Å²) in [4.78, 5) is 23.5. The molecule has 0 unspecified atom stereocenters. The Morgan fingerprint density at radius 2 is 1.82 bits per heavy atom. The highest BCUT2D eigenvalue weighted by Crippen LogP contribution is 2.27. The monoisotopic (exact) mass is 356 g/mol. The summed E-state index contributed by atoms with van der Waals surface area (Å²) >= 11 is 3.39. The van der Waals surface area contributed by atoms with Gasteiger partial charge in [0.15, 0.2) is 5.78 Å². The number of halogens is 1. The summed E-state index contributed by atoms with van der Waals surface area (Å²) in [5, 5.41) is 9.02. The highest BCUT2D eigenvalue weighted by molar-refractivity contribution is 9.10. The summed E-state index contributed by atoms with van der Waals surface area (Å²) in [6.45, 7) is 0. The number of allylic oxidation sites excluding steroid dienone is 1. The molecule has 1 N–H and O–H groups in total. The zero-order valence-corrected chi connectivity index (χ0v) is 13.3. The minimum absolute atomic E-state index is 0.0129. The van der Waals surface area contributed by atoms with Crippen LogP contribution in [-0.4, -0.2) is 16.9 Å². The van der Waals surface area contributed by atoms with Crippen LogP contribution in [0.1, 0.15) is 38.3 Å². The fraction of sp³-hybridized carbons (Fsp3) is 0.111. The molecule has 0 heterocycles. The first-order valence-corrected chi connectivity index (χ1v) is 7.71. The van der Waals surface area contributed by atoms with Crippen molar-refractivity contribution in [3.8, 4) is 0 Å². The molecule has 0 bridgehead atoms. The third-order valence-electron chi connectivity index (χ3n) is 3.76. The van der Waals surface area contributed by atoms with Crippen LogP contribution in [0.5, 0.6) is 0 Å². The number of ketones is 1. The number of hydrogen-bond donors (Lipinski definition) is 1. The van der Waals surface area contributed by atoms with Gasteiger partial charge in [0.25, 0.3) is 0 Å². The van der Waals surface area contributed by atoms with Crippen LogP contribution in [0.2, 0.25) is 0 Å². The minimum Gasteiger partial charge on any atom is -0.478 e. The first kappa shape index (κ1) is 14.7. The van der Waals surface area contributed by atoms with Gasteiger partial charge >= 0.3 is 5.97 Å². The van der Waals surface area contributed by atoms with Crippen LogP contribution in [0.3, 0.4) is 0 Å². The molecule has 0 spiro atoms. The highest BCUT2D eigenvalue weighted by Gasteiger charge is 2.22. The number of aryl methyl sites for hydroxylation is 1. The van der Waals surface area contributed by atoms with Crippen LogP contribution < -0.4 is 0 Å². The third-order valence-corrected chi connectivity index (χ3v) is 4.29. The van der Waals surface area contributed by atoms with Crippen LogP contribution >= 0.6 is 15.9 Å². The molecule has 1 aliphatic carbocycles. The van der Waals surface area contributed by atoms with Gasteiger partial charge in [0, 0.05) is 15.6 Å². The summed E-state index contributed by atoms with van der Waals surface area (Å²) in [6, 6.07) is 12.5. The highest BCUT2D eigenvalue weighted by atomic mass is 79.9. The number of carbonyl (C=O) groups excluding carboxylic acids is 1. The number of rotatable bonds is 2. The maximum Gasteiger partial charge on any atom is 0.335 e. The quantitative estimate of drug-likeness (QED) is 0.813. The van der Waals surface area contributed by atoms with E-state index < -0.39 is 5.97 Å². The van der Waals surface area contributed by atoms with E-state index in [-0.39, 0.29) is 11.3 Å². The van der Waals surface area contributed by atoms with Crippen molar-refractivity contribution in [3.05, 3.63) is 74.8 Å². The molecule has 0 saturated heterocycles. The second kappa shape index (κ2) is 5.89. The summed E-state index contributed by atoms with van der Waals surface area (Å²) in [6.07, 6.45) is 3.22. The standard InChI is InChI=1S/C18H13BrO3/c19-15-6-1-11(2-7-15)9-13-4-3-12-10-14(18(21)22)5-8-16(12)17(13)20/h1-2,5-10H,3-4H2,(H,21,22). The van der Waals surface area contributed by atoms with Crippen molar-refractivity contribution in [1.82, 2.24) is 0 Å². The Bertz CT molecular complexity index is 788. The lowest BCUT2D eigenvalue weighted by Gasteiger charge is -2.18. The van der Waals surface area contributed by atoms with Crippen LogP contribution in [-0.2, 0) is 6.42 Å². The number of Topliss-reactive ketones (excluding diaryl/α,β-unsaturated/α-hetero) is 1. The molecule has 0 aliphatic heterocycles. The molecule has 1 aliphatic rings. The van der Waals surface area contributed by atoms with Crippen LogP contribution in [0.4, 0.5) is 0 Å². The molecular weight excluding hydrogens is 344 g/mol. The van der Waals surface area contributed by atoms with Gasteiger partial charge in [-0.25, -0.2) is 4.79 Å². The predicted molar refractivity (Wildman–Crippen MR) is 88.2 cm³/mol. The molecule has 2 aromatic rings. The molecule has 0 amide bonds. The van der Waals surface area contributed by atoms with Gasteiger partial charge < -0.3 is 5.11 Å². The van der Waals surface area contributed by atoms with Gasteiger partial charge in [-0.15, -0.1) is 0 Å². The average molecular weight is 357 g/mol. The Morgan fingerprint density at radius 1 is 1.09 bits per heavy atom. The third kappa shape index (κ3) is 2.88. The molecule has 4 heteroatoms. The van der Waals surface area contributed by atoms with Crippen molar-refractivity contribution in [2.24, 2.45) is 0 Å². The van der Waals surface area contributed by atoms with Crippen molar-refractivity contribution < 1.29 is 14.7 Å². The summed E-state index contributed by atoms with van der Waals surface area (Å²) in [5.41, 5.74) is 3.40. The molecule has 0 atom stereocenters. The number of benzene rings is 2. The van der Waals surface area contributed by atoms with E-state index in [1.807, 2.05) is 30.3 Å². The molecule has 0 saturated carbocycles. The Kier molecular flexibility index (Phi) is 3.94. The Morgan fingerprint density at radius 3 is 2.50 bits per heavy atom. The van der Waals surface area contributed by atoms with Crippen LogP contribution in [0.15, 0.2) is 52.5 Å². The van der Waals surface area contributed by atoms with Crippen LogP contribution in [0, 0.1) is 0 Å². The van der Waals surface area contributed by atoms with E-state index in [1.165, 1.54) is 6.07 Å². The average Bonchev–Trinajstić information content (AvgIpc) is 2.52. The van der Waals surface area contributed by atoms with Crippen LogP contribution in [0.25, 0.3) is 6.08 Å². The topological polar surface area (TPSA) is 54.4 Å². The number of fused-ring (bicyclic) bond motifs is 1.